The summed E-state index contributed by atoms with van der Waals surface area (Å²) in [6, 6.07) is 11.9. The van der Waals surface area contributed by atoms with Gasteiger partial charge in [0, 0.05) is 28.8 Å². The van der Waals surface area contributed by atoms with Crippen molar-refractivity contribution in [1.82, 2.24) is 4.98 Å². The molecule has 0 fully saturated rings. The molecular formula is C24H28N2O3S2. The Morgan fingerprint density at radius 3 is 2.55 bits per heavy atom. The fourth-order valence-electron chi connectivity index (χ4n) is 3.20. The van der Waals surface area contributed by atoms with Gasteiger partial charge in [-0.2, -0.15) is 11.8 Å². The Balaban J connectivity index is 1.44. The van der Waals surface area contributed by atoms with Crippen molar-refractivity contribution >= 4 is 34.7 Å². The molecular weight excluding hydrogens is 428 g/mol. The second-order valence-electron chi connectivity index (χ2n) is 7.18. The number of thioether (sulfide) groups is 1. The van der Waals surface area contributed by atoms with Crippen molar-refractivity contribution < 1.29 is 14.3 Å². The first kappa shape index (κ1) is 23.2. The SMILES string of the molecule is COc1ccc(-c2nc(CSCCCC(=O)Nc3c(C)cccc3C)cs2)cc1OC. The van der Waals surface area contributed by atoms with Crippen LogP contribution in [0.5, 0.6) is 11.5 Å². The zero-order valence-electron chi connectivity index (χ0n) is 18.4. The van der Waals surface area contributed by atoms with E-state index >= 15 is 0 Å². The van der Waals surface area contributed by atoms with Crippen LogP contribution in [0, 0.1) is 13.8 Å². The van der Waals surface area contributed by atoms with Crippen LogP contribution in [-0.2, 0) is 10.5 Å². The van der Waals surface area contributed by atoms with Gasteiger partial charge in [0.1, 0.15) is 5.01 Å². The Morgan fingerprint density at radius 1 is 1.10 bits per heavy atom. The number of para-hydroxylation sites is 1. The standard InChI is InChI=1S/C24H28N2O3S2/c1-16-7-5-8-17(2)23(16)26-22(27)9-6-12-30-14-19-15-31-24(25-19)18-10-11-20(28-3)21(13-18)29-4/h5,7-8,10-11,13,15H,6,9,12,14H2,1-4H3,(H,26,27). The number of thiazole rings is 1. The molecule has 31 heavy (non-hydrogen) atoms. The smallest absolute Gasteiger partial charge is 0.224 e. The number of aryl methyl sites for hydroxylation is 2. The van der Waals surface area contributed by atoms with Crippen LogP contribution in [0.4, 0.5) is 5.69 Å². The minimum absolute atomic E-state index is 0.0717. The Labute approximate surface area is 192 Å². The van der Waals surface area contributed by atoms with Gasteiger partial charge in [0.2, 0.25) is 5.91 Å². The van der Waals surface area contributed by atoms with E-state index in [0.29, 0.717) is 17.9 Å². The number of benzene rings is 2. The molecule has 0 aliphatic carbocycles. The fourth-order valence-corrected chi connectivity index (χ4v) is 4.97. The summed E-state index contributed by atoms with van der Waals surface area (Å²) in [5.41, 5.74) is 5.19. The van der Waals surface area contributed by atoms with Gasteiger partial charge < -0.3 is 14.8 Å². The molecule has 0 atom stereocenters. The maximum Gasteiger partial charge on any atom is 0.224 e. The molecule has 0 unspecified atom stereocenters. The molecule has 0 spiro atoms. The minimum Gasteiger partial charge on any atom is -0.493 e. The third-order valence-electron chi connectivity index (χ3n) is 4.87. The normalized spacial score (nSPS) is 10.7. The largest absolute Gasteiger partial charge is 0.493 e. The van der Waals surface area contributed by atoms with Crippen LogP contribution in [0.3, 0.4) is 0 Å². The van der Waals surface area contributed by atoms with E-state index in [-0.39, 0.29) is 5.91 Å². The topological polar surface area (TPSA) is 60.5 Å². The van der Waals surface area contributed by atoms with Crippen molar-refractivity contribution in [1.29, 1.82) is 0 Å². The van der Waals surface area contributed by atoms with E-state index in [1.165, 1.54) is 0 Å². The number of aromatic nitrogens is 1. The quantitative estimate of drug-likeness (QED) is 0.374. The van der Waals surface area contributed by atoms with Crippen molar-refractivity contribution in [2.45, 2.75) is 32.4 Å². The lowest BCUT2D eigenvalue weighted by molar-refractivity contribution is -0.116. The Hall–Kier alpha value is -2.51. The lowest BCUT2D eigenvalue weighted by Crippen LogP contribution is -2.13. The zero-order valence-corrected chi connectivity index (χ0v) is 20.0. The number of nitrogens with one attached hydrogen (secondary N) is 1. The van der Waals surface area contributed by atoms with Gasteiger partial charge in [0.05, 0.1) is 19.9 Å². The maximum absolute atomic E-state index is 12.3. The number of hydrogen-bond donors (Lipinski definition) is 1. The number of rotatable bonds is 10. The average molecular weight is 457 g/mol. The van der Waals surface area contributed by atoms with Crippen LogP contribution in [0.1, 0.15) is 29.7 Å². The van der Waals surface area contributed by atoms with Crippen molar-refractivity contribution in [3.63, 3.8) is 0 Å². The number of carbonyl (C=O) groups is 1. The number of amides is 1. The van der Waals surface area contributed by atoms with Gasteiger partial charge in [-0.05, 0) is 55.3 Å². The molecule has 1 amide bonds. The van der Waals surface area contributed by atoms with E-state index in [2.05, 4.69) is 10.7 Å². The fraction of sp³-hybridized carbons (Fsp3) is 0.333. The molecule has 1 heterocycles. The Kier molecular flexibility index (Phi) is 8.37. The summed E-state index contributed by atoms with van der Waals surface area (Å²) >= 11 is 3.43. The molecule has 164 valence electrons. The lowest BCUT2D eigenvalue weighted by atomic mass is 10.1. The molecule has 5 nitrogen and oxygen atoms in total. The van der Waals surface area contributed by atoms with Crippen LogP contribution >= 0.6 is 23.1 Å². The van der Waals surface area contributed by atoms with Gasteiger partial charge >= 0.3 is 0 Å². The minimum atomic E-state index is 0.0717. The molecule has 0 radical (unpaired) electrons. The Morgan fingerprint density at radius 2 is 1.84 bits per heavy atom. The predicted octanol–water partition coefficient (Wildman–Crippen LogP) is 6.10. The van der Waals surface area contributed by atoms with Gasteiger partial charge in [0.15, 0.2) is 11.5 Å². The average Bonchev–Trinajstić information content (AvgIpc) is 3.24. The summed E-state index contributed by atoms with van der Waals surface area (Å²) in [5, 5.41) is 6.10. The van der Waals surface area contributed by atoms with E-state index in [0.717, 1.165) is 51.0 Å². The molecule has 3 rings (SSSR count). The Bertz CT molecular complexity index is 1010. The summed E-state index contributed by atoms with van der Waals surface area (Å²) in [7, 11) is 3.26. The molecule has 7 heteroatoms. The molecule has 3 aromatic rings. The molecule has 0 saturated carbocycles. The summed E-state index contributed by atoms with van der Waals surface area (Å²) in [6.07, 6.45) is 1.36. The first-order valence-corrected chi connectivity index (χ1v) is 12.2. The summed E-state index contributed by atoms with van der Waals surface area (Å²) in [5.74, 6) is 3.24. The molecule has 1 aromatic heterocycles. The highest BCUT2D eigenvalue weighted by Gasteiger charge is 2.10. The number of methoxy groups -OCH3 is 2. The molecule has 0 aliphatic heterocycles. The second kappa shape index (κ2) is 11.2. The van der Waals surface area contributed by atoms with E-state index in [4.69, 9.17) is 14.5 Å². The maximum atomic E-state index is 12.3. The first-order valence-electron chi connectivity index (χ1n) is 10.1. The van der Waals surface area contributed by atoms with Crippen molar-refractivity contribution in [2.75, 3.05) is 25.3 Å². The van der Waals surface area contributed by atoms with E-state index < -0.39 is 0 Å². The number of hydrogen-bond acceptors (Lipinski definition) is 6. The second-order valence-corrected chi connectivity index (χ2v) is 9.15. The van der Waals surface area contributed by atoms with Crippen LogP contribution in [0.15, 0.2) is 41.8 Å². The highest BCUT2D eigenvalue weighted by Crippen LogP contribution is 2.34. The first-order chi connectivity index (χ1) is 15.0. The van der Waals surface area contributed by atoms with Crippen LogP contribution < -0.4 is 14.8 Å². The molecule has 0 bridgehead atoms. The van der Waals surface area contributed by atoms with Crippen LogP contribution in [-0.4, -0.2) is 30.9 Å². The molecule has 0 aliphatic rings. The molecule has 1 N–H and O–H groups in total. The summed E-state index contributed by atoms with van der Waals surface area (Å²) in [4.78, 5) is 17.0. The number of nitrogens with zero attached hydrogens (tertiary/aromatic N) is 1. The third-order valence-corrected chi connectivity index (χ3v) is 6.89. The summed E-state index contributed by atoms with van der Waals surface area (Å²) < 4.78 is 10.7. The number of anilines is 1. The number of carbonyl (C=O) groups excluding carboxylic acids is 1. The van der Waals surface area contributed by atoms with E-state index in [9.17, 15) is 4.79 Å². The zero-order chi connectivity index (χ0) is 22.2. The highest BCUT2D eigenvalue weighted by molar-refractivity contribution is 7.98. The van der Waals surface area contributed by atoms with Crippen molar-refractivity contribution in [3.05, 3.63) is 58.6 Å². The summed E-state index contributed by atoms with van der Waals surface area (Å²) in [6.45, 7) is 4.03. The highest BCUT2D eigenvalue weighted by atomic mass is 32.2. The van der Waals surface area contributed by atoms with Gasteiger partial charge in [-0.25, -0.2) is 4.98 Å². The molecule has 2 aromatic carbocycles. The van der Waals surface area contributed by atoms with Gasteiger partial charge in [0.25, 0.3) is 0 Å². The van der Waals surface area contributed by atoms with Crippen molar-refractivity contribution in [3.8, 4) is 22.1 Å². The van der Waals surface area contributed by atoms with E-state index in [1.807, 2.05) is 50.2 Å². The third kappa shape index (κ3) is 6.24. The number of ether oxygens (including phenoxy) is 2. The van der Waals surface area contributed by atoms with E-state index in [1.54, 1.807) is 37.3 Å². The van der Waals surface area contributed by atoms with Gasteiger partial charge in [-0.3, -0.25) is 4.79 Å². The van der Waals surface area contributed by atoms with Crippen LogP contribution in [0.25, 0.3) is 10.6 Å². The van der Waals surface area contributed by atoms with Crippen LogP contribution in [0.2, 0.25) is 0 Å². The molecule has 0 saturated heterocycles. The monoisotopic (exact) mass is 456 g/mol. The van der Waals surface area contributed by atoms with Gasteiger partial charge in [-0.1, -0.05) is 18.2 Å². The van der Waals surface area contributed by atoms with Crippen molar-refractivity contribution in [2.24, 2.45) is 0 Å². The lowest BCUT2D eigenvalue weighted by Gasteiger charge is -2.11. The predicted molar refractivity (Wildman–Crippen MR) is 131 cm³/mol. The van der Waals surface area contributed by atoms with Gasteiger partial charge in [-0.15, -0.1) is 11.3 Å².